The molecule has 1 saturated carbocycles. The van der Waals surface area contributed by atoms with E-state index in [-0.39, 0.29) is 16.9 Å². The third-order valence-electron chi connectivity index (χ3n) is 4.25. The van der Waals surface area contributed by atoms with Crippen LogP contribution in [0.2, 0.25) is 5.02 Å². The Hall–Kier alpha value is -1.27. The van der Waals surface area contributed by atoms with E-state index in [1.165, 1.54) is 5.56 Å². The molecule has 2 rings (SSSR count). The normalized spacial score (nSPS) is 16.9. The van der Waals surface area contributed by atoms with E-state index in [4.69, 9.17) is 11.6 Å². The summed E-state index contributed by atoms with van der Waals surface area (Å²) in [4.78, 5) is 4.15. The molecule has 0 bridgehead atoms. The summed E-state index contributed by atoms with van der Waals surface area (Å²) < 4.78 is 23.0. The summed E-state index contributed by atoms with van der Waals surface area (Å²) >= 11 is 6.08. The zero-order valence-corrected chi connectivity index (χ0v) is 15.2. The SMILES string of the molecule is CCS(=O)(=O)CCNC(=NC)NCC1(c2cccc(Cl)c2)CC1. The van der Waals surface area contributed by atoms with Gasteiger partial charge in [0.2, 0.25) is 0 Å². The number of benzene rings is 1. The van der Waals surface area contributed by atoms with E-state index in [0.29, 0.717) is 12.5 Å². The average Bonchev–Trinajstić information content (AvgIpc) is 3.32. The number of nitrogens with zero attached hydrogens (tertiary/aromatic N) is 1. The number of guanidine groups is 1. The van der Waals surface area contributed by atoms with Crippen molar-refractivity contribution in [1.29, 1.82) is 0 Å². The molecule has 5 nitrogen and oxygen atoms in total. The van der Waals surface area contributed by atoms with Gasteiger partial charge in [-0.1, -0.05) is 30.7 Å². The Bertz CT molecular complexity index is 670. The maximum absolute atomic E-state index is 11.5. The number of nitrogens with one attached hydrogen (secondary N) is 2. The monoisotopic (exact) mass is 357 g/mol. The second-order valence-electron chi connectivity index (χ2n) is 5.88. The van der Waals surface area contributed by atoms with Crippen molar-refractivity contribution in [2.24, 2.45) is 4.99 Å². The van der Waals surface area contributed by atoms with E-state index >= 15 is 0 Å². The van der Waals surface area contributed by atoms with Crippen LogP contribution >= 0.6 is 11.6 Å². The van der Waals surface area contributed by atoms with Crippen molar-refractivity contribution in [1.82, 2.24) is 10.6 Å². The van der Waals surface area contributed by atoms with E-state index in [0.717, 1.165) is 24.4 Å². The highest BCUT2D eigenvalue weighted by Crippen LogP contribution is 2.48. The first kappa shape index (κ1) is 18.1. The van der Waals surface area contributed by atoms with Crippen molar-refractivity contribution >= 4 is 27.4 Å². The Morgan fingerprint density at radius 2 is 2.09 bits per heavy atom. The molecular formula is C16H24ClN3O2S. The molecule has 0 aliphatic heterocycles. The van der Waals surface area contributed by atoms with E-state index in [1.54, 1.807) is 14.0 Å². The van der Waals surface area contributed by atoms with Gasteiger partial charge in [0.25, 0.3) is 0 Å². The van der Waals surface area contributed by atoms with Crippen LogP contribution in [0.25, 0.3) is 0 Å². The largest absolute Gasteiger partial charge is 0.356 e. The minimum atomic E-state index is -2.96. The fraction of sp³-hybridized carbons (Fsp3) is 0.562. The van der Waals surface area contributed by atoms with Gasteiger partial charge >= 0.3 is 0 Å². The topological polar surface area (TPSA) is 70.6 Å². The maximum Gasteiger partial charge on any atom is 0.191 e. The second-order valence-corrected chi connectivity index (χ2v) is 8.79. The van der Waals surface area contributed by atoms with Crippen LogP contribution in [0.15, 0.2) is 29.3 Å². The van der Waals surface area contributed by atoms with Crippen molar-refractivity contribution < 1.29 is 8.42 Å². The molecule has 1 fully saturated rings. The van der Waals surface area contributed by atoms with E-state index in [9.17, 15) is 8.42 Å². The zero-order valence-electron chi connectivity index (χ0n) is 13.6. The van der Waals surface area contributed by atoms with Crippen molar-refractivity contribution in [3.05, 3.63) is 34.9 Å². The van der Waals surface area contributed by atoms with Crippen LogP contribution in [0.3, 0.4) is 0 Å². The zero-order chi connectivity index (χ0) is 16.9. The molecule has 23 heavy (non-hydrogen) atoms. The van der Waals surface area contributed by atoms with Gasteiger partial charge < -0.3 is 10.6 Å². The van der Waals surface area contributed by atoms with Crippen molar-refractivity contribution in [2.75, 3.05) is 31.6 Å². The summed E-state index contributed by atoms with van der Waals surface area (Å²) in [7, 11) is -1.28. The van der Waals surface area contributed by atoms with Crippen molar-refractivity contribution in [2.45, 2.75) is 25.2 Å². The minimum Gasteiger partial charge on any atom is -0.356 e. The number of rotatable bonds is 7. The van der Waals surface area contributed by atoms with Gasteiger partial charge in [-0.25, -0.2) is 8.42 Å². The Balaban J connectivity index is 1.86. The Morgan fingerprint density at radius 1 is 1.35 bits per heavy atom. The first-order valence-corrected chi connectivity index (χ1v) is 10.0. The molecule has 0 saturated heterocycles. The van der Waals surface area contributed by atoms with Crippen LogP contribution < -0.4 is 10.6 Å². The van der Waals surface area contributed by atoms with Gasteiger partial charge in [0, 0.05) is 36.3 Å². The van der Waals surface area contributed by atoms with Gasteiger partial charge in [-0.15, -0.1) is 0 Å². The third-order valence-corrected chi connectivity index (χ3v) is 6.19. The van der Waals surface area contributed by atoms with Crippen LogP contribution in [0.1, 0.15) is 25.3 Å². The van der Waals surface area contributed by atoms with Crippen LogP contribution in [0.5, 0.6) is 0 Å². The lowest BCUT2D eigenvalue weighted by Crippen LogP contribution is -2.42. The Kier molecular flexibility index (Phi) is 5.92. The highest BCUT2D eigenvalue weighted by Gasteiger charge is 2.44. The molecule has 1 aliphatic rings. The summed E-state index contributed by atoms with van der Waals surface area (Å²) in [6.07, 6.45) is 2.23. The molecule has 7 heteroatoms. The molecular weight excluding hydrogens is 334 g/mol. The number of sulfone groups is 1. The lowest BCUT2D eigenvalue weighted by molar-refractivity contribution is 0.595. The first-order chi connectivity index (χ1) is 10.9. The van der Waals surface area contributed by atoms with E-state index < -0.39 is 9.84 Å². The van der Waals surface area contributed by atoms with Gasteiger partial charge in [0.1, 0.15) is 0 Å². The van der Waals surface area contributed by atoms with Gasteiger partial charge in [-0.05, 0) is 30.5 Å². The molecule has 1 aromatic carbocycles. The Morgan fingerprint density at radius 3 is 2.65 bits per heavy atom. The van der Waals surface area contributed by atoms with Crippen molar-refractivity contribution in [3.8, 4) is 0 Å². The van der Waals surface area contributed by atoms with E-state index in [2.05, 4.69) is 21.7 Å². The second kappa shape index (κ2) is 7.53. The summed E-state index contributed by atoms with van der Waals surface area (Å²) in [6.45, 7) is 2.78. The predicted molar refractivity (Wildman–Crippen MR) is 96.1 cm³/mol. The van der Waals surface area contributed by atoms with E-state index in [1.807, 2.05) is 18.2 Å². The van der Waals surface area contributed by atoms with Gasteiger partial charge in [-0.2, -0.15) is 0 Å². The molecule has 1 aliphatic carbocycles. The van der Waals surface area contributed by atoms with Gasteiger partial charge in [0.15, 0.2) is 15.8 Å². The predicted octanol–water partition coefficient (Wildman–Crippen LogP) is 1.97. The first-order valence-electron chi connectivity index (χ1n) is 7.82. The van der Waals surface area contributed by atoms with Gasteiger partial charge in [-0.3, -0.25) is 4.99 Å². The summed E-state index contributed by atoms with van der Waals surface area (Å²) in [5.74, 6) is 0.909. The highest BCUT2D eigenvalue weighted by atomic mass is 35.5. The number of hydrogen-bond donors (Lipinski definition) is 2. The lowest BCUT2D eigenvalue weighted by atomic mass is 9.96. The molecule has 0 atom stereocenters. The molecule has 1 aromatic rings. The number of hydrogen-bond acceptors (Lipinski definition) is 3. The molecule has 0 amide bonds. The number of aliphatic imine (C=N–C) groups is 1. The summed E-state index contributed by atoms with van der Waals surface area (Å²) in [5, 5.41) is 7.10. The summed E-state index contributed by atoms with van der Waals surface area (Å²) in [5.41, 5.74) is 1.35. The van der Waals surface area contributed by atoms with Crippen molar-refractivity contribution in [3.63, 3.8) is 0 Å². The molecule has 128 valence electrons. The maximum atomic E-state index is 11.5. The fourth-order valence-corrected chi connectivity index (χ4v) is 3.37. The van der Waals surface area contributed by atoms with Crippen LogP contribution in [-0.4, -0.2) is 46.0 Å². The molecule has 0 aromatic heterocycles. The average molecular weight is 358 g/mol. The Labute approximate surface area is 143 Å². The molecule has 2 N–H and O–H groups in total. The van der Waals surface area contributed by atoms with Gasteiger partial charge in [0.05, 0.1) is 5.75 Å². The third kappa shape index (κ3) is 5.11. The quantitative estimate of drug-likeness (QED) is 0.578. The molecule has 0 spiro atoms. The van der Waals surface area contributed by atoms with Crippen LogP contribution in [0, 0.1) is 0 Å². The molecule has 0 unspecified atom stereocenters. The fourth-order valence-electron chi connectivity index (χ4n) is 2.48. The van der Waals surface area contributed by atoms with Crippen LogP contribution in [0.4, 0.5) is 0 Å². The highest BCUT2D eigenvalue weighted by molar-refractivity contribution is 7.91. The summed E-state index contributed by atoms with van der Waals surface area (Å²) in [6, 6.07) is 7.97. The smallest absolute Gasteiger partial charge is 0.191 e. The number of halogens is 1. The van der Waals surface area contributed by atoms with Crippen LogP contribution in [-0.2, 0) is 15.3 Å². The molecule has 0 radical (unpaired) electrons. The lowest BCUT2D eigenvalue weighted by Gasteiger charge is -2.19. The molecule has 0 heterocycles. The minimum absolute atomic E-state index is 0.109. The standard InChI is InChI=1S/C16H24ClN3O2S/c1-3-23(21,22)10-9-19-15(18-2)20-12-16(7-8-16)13-5-4-6-14(17)11-13/h4-6,11H,3,7-10,12H2,1-2H3,(H2,18,19,20).